The minimum atomic E-state index is -0.0930. The van der Waals surface area contributed by atoms with Gasteiger partial charge in [0, 0.05) is 13.3 Å². The van der Waals surface area contributed by atoms with Gasteiger partial charge in [0.1, 0.15) is 0 Å². The fourth-order valence-corrected chi connectivity index (χ4v) is 1.85. The maximum absolute atomic E-state index is 5.48. The van der Waals surface area contributed by atoms with Crippen molar-refractivity contribution in [1.29, 1.82) is 0 Å². The summed E-state index contributed by atoms with van der Waals surface area (Å²) in [5.41, 5.74) is 1.88. The van der Waals surface area contributed by atoms with E-state index in [1.807, 2.05) is 19.3 Å². The Morgan fingerprint density at radius 1 is 1.32 bits per heavy atom. The highest BCUT2D eigenvalue weighted by atomic mass is 16.5. The molecule has 4 heteroatoms. The van der Waals surface area contributed by atoms with Crippen molar-refractivity contribution in [3.8, 4) is 0 Å². The van der Waals surface area contributed by atoms with E-state index in [-0.39, 0.29) is 11.6 Å². The molecule has 0 aliphatic heterocycles. The Labute approximate surface area is 117 Å². The molecule has 0 bridgehead atoms. The first-order valence-corrected chi connectivity index (χ1v) is 7.05. The average Bonchev–Trinajstić information content (AvgIpc) is 2.40. The zero-order valence-electron chi connectivity index (χ0n) is 12.9. The second-order valence-corrected chi connectivity index (χ2v) is 5.59. The summed E-state index contributed by atoms with van der Waals surface area (Å²) >= 11 is 0. The van der Waals surface area contributed by atoms with Gasteiger partial charge in [-0.1, -0.05) is 6.92 Å². The Bertz CT molecular complexity index is 362. The summed E-state index contributed by atoms with van der Waals surface area (Å²) in [5, 5.41) is 3.54. The van der Waals surface area contributed by atoms with Crippen molar-refractivity contribution in [3.63, 3.8) is 0 Å². The lowest BCUT2D eigenvalue weighted by Crippen LogP contribution is -2.28. The third-order valence-electron chi connectivity index (χ3n) is 3.39. The lowest BCUT2D eigenvalue weighted by Gasteiger charge is -2.26. The topological polar surface area (TPSA) is 47.0 Å². The van der Waals surface area contributed by atoms with E-state index in [9.17, 15) is 0 Å². The number of methoxy groups -OCH3 is 1. The molecule has 0 aliphatic carbocycles. The van der Waals surface area contributed by atoms with Crippen LogP contribution in [-0.4, -0.2) is 29.2 Å². The summed E-state index contributed by atoms with van der Waals surface area (Å²) in [6, 6.07) is 0.252. The minimum absolute atomic E-state index is 0.0930. The van der Waals surface area contributed by atoms with E-state index in [4.69, 9.17) is 4.74 Å². The average molecular weight is 265 g/mol. The first kappa shape index (κ1) is 16.1. The van der Waals surface area contributed by atoms with Crippen molar-refractivity contribution in [3.05, 3.63) is 23.8 Å². The Morgan fingerprint density at radius 2 is 2.05 bits per heavy atom. The summed E-state index contributed by atoms with van der Waals surface area (Å²) in [7, 11) is 1.76. The number of nitrogens with one attached hydrogen (secondary N) is 1. The van der Waals surface area contributed by atoms with Gasteiger partial charge in [-0.2, -0.15) is 0 Å². The second kappa shape index (κ2) is 7.56. The lowest BCUT2D eigenvalue weighted by molar-refractivity contribution is 0.0116. The number of hydrogen-bond acceptors (Lipinski definition) is 4. The highest BCUT2D eigenvalue weighted by Crippen LogP contribution is 2.23. The molecular formula is C15H27N3O. The van der Waals surface area contributed by atoms with Crippen LogP contribution in [0.4, 0.5) is 0 Å². The molecule has 1 N–H and O–H groups in total. The molecule has 4 nitrogen and oxygen atoms in total. The van der Waals surface area contributed by atoms with Gasteiger partial charge < -0.3 is 10.1 Å². The third kappa shape index (κ3) is 5.66. The molecule has 1 aromatic rings. The first-order chi connectivity index (χ1) is 8.98. The standard InChI is InChI=1S/C15H27N3O/c1-6-9-16-13(7-8-15(3,4)19-5)14-11-17-12(2)10-18-14/h10-11,13,16H,6-9H2,1-5H3. The summed E-state index contributed by atoms with van der Waals surface area (Å²) in [5.74, 6) is 0. The molecule has 0 fully saturated rings. The van der Waals surface area contributed by atoms with Gasteiger partial charge in [0.05, 0.1) is 29.2 Å². The Morgan fingerprint density at radius 3 is 2.58 bits per heavy atom. The van der Waals surface area contributed by atoms with Crippen molar-refractivity contribution >= 4 is 0 Å². The fraction of sp³-hybridized carbons (Fsp3) is 0.733. The number of rotatable bonds is 8. The third-order valence-corrected chi connectivity index (χ3v) is 3.39. The molecule has 0 saturated carbocycles. The predicted molar refractivity (Wildman–Crippen MR) is 78.1 cm³/mol. The molecule has 0 saturated heterocycles. The number of aromatic nitrogens is 2. The van der Waals surface area contributed by atoms with E-state index in [1.54, 1.807) is 7.11 Å². The van der Waals surface area contributed by atoms with Crippen LogP contribution in [0.5, 0.6) is 0 Å². The molecule has 0 radical (unpaired) electrons. The molecule has 0 spiro atoms. The SMILES string of the molecule is CCCNC(CCC(C)(C)OC)c1cnc(C)cn1. The Balaban J connectivity index is 2.68. The molecule has 1 atom stereocenters. The number of hydrogen-bond donors (Lipinski definition) is 1. The van der Waals surface area contributed by atoms with Crippen LogP contribution in [0.2, 0.25) is 0 Å². The van der Waals surface area contributed by atoms with E-state index in [0.29, 0.717) is 0 Å². The summed E-state index contributed by atoms with van der Waals surface area (Å²) in [6.07, 6.45) is 6.81. The van der Waals surface area contributed by atoms with Crippen LogP contribution < -0.4 is 5.32 Å². The van der Waals surface area contributed by atoms with Gasteiger partial charge in [0.15, 0.2) is 0 Å². The van der Waals surface area contributed by atoms with Crippen LogP contribution in [0.3, 0.4) is 0 Å². The quantitative estimate of drug-likeness (QED) is 0.785. The van der Waals surface area contributed by atoms with Gasteiger partial charge in [0.25, 0.3) is 0 Å². The zero-order valence-corrected chi connectivity index (χ0v) is 12.9. The van der Waals surface area contributed by atoms with Crippen LogP contribution in [0.15, 0.2) is 12.4 Å². The number of nitrogens with zero attached hydrogens (tertiary/aromatic N) is 2. The van der Waals surface area contributed by atoms with Gasteiger partial charge >= 0.3 is 0 Å². The van der Waals surface area contributed by atoms with Crippen molar-refractivity contribution < 1.29 is 4.74 Å². The van der Waals surface area contributed by atoms with Crippen molar-refractivity contribution in [2.24, 2.45) is 0 Å². The van der Waals surface area contributed by atoms with Gasteiger partial charge in [-0.25, -0.2) is 0 Å². The van der Waals surface area contributed by atoms with Crippen LogP contribution in [0.25, 0.3) is 0 Å². The van der Waals surface area contributed by atoms with Crippen LogP contribution in [0, 0.1) is 6.92 Å². The molecule has 1 aromatic heterocycles. The molecule has 0 aromatic carbocycles. The summed E-state index contributed by atoms with van der Waals surface area (Å²) in [4.78, 5) is 8.83. The number of aryl methyl sites for hydroxylation is 1. The van der Waals surface area contributed by atoms with Crippen molar-refractivity contribution in [1.82, 2.24) is 15.3 Å². The molecule has 19 heavy (non-hydrogen) atoms. The van der Waals surface area contributed by atoms with E-state index < -0.39 is 0 Å². The molecule has 1 unspecified atom stereocenters. The molecule has 0 aliphatic rings. The van der Waals surface area contributed by atoms with Crippen molar-refractivity contribution in [2.45, 2.75) is 58.6 Å². The van der Waals surface area contributed by atoms with Crippen LogP contribution in [-0.2, 0) is 4.74 Å². The fourth-order valence-electron chi connectivity index (χ4n) is 1.85. The molecule has 0 amide bonds. The second-order valence-electron chi connectivity index (χ2n) is 5.59. The number of ether oxygens (including phenoxy) is 1. The highest BCUT2D eigenvalue weighted by molar-refractivity contribution is 5.06. The van der Waals surface area contributed by atoms with Crippen LogP contribution in [0.1, 0.15) is 57.5 Å². The first-order valence-electron chi connectivity index (χ1n) is 7.05. The smallest absolute Gasteiger partial charge is 0.0756 e. The summed E-state index contributed by atoms with van der Waals surface area (Å²) < 4.78 is 5.48. The van der Waals surface area contributed by atoms with E-state index in [0.717, 1.165) is 37.2 Å². The van der Waals surface area contributed by atoms with Gasteiger partial charge in [-0.3, -0.25) is 9.97 Å². The minimum Gasteiger partial charge on any atom is -0.379 e. The maximum Gasteiger partial charge on any atom is 0.0756 e. The van der Waals surface area contributed by atoms with Crippen LogP contribution >= 0.6 is 0 Å². The zero-order chi connectivity index (χ0) is 14.3. The van der Waals surface area contributed by atoms with Crippen molar-refractivity contribution in [2.75, 3.05) is 13.7 Å². The van der Waals surface area contributed by atoms with E-state index in [1.165, 1.54) is 0 Å². The van der Waals surface area contributed by atoms with E-state index >= 15 is 0 Å². The largest absolute Gasteiger partial charge is 0.379 e. The Hall–Kier alpha value is -1.00. The molecular weight excluding hydrogens is 238 g/mol. The monoisotopic (exact) mass is 265 g/mol. The molecule has 108 valence electrons. The highest BCUT2D eigenvalue weighted by Gasteiger charge is 2.20. The normalized spacial score (nSPS) is 13.5. The van der Waals surface area contributed by atoms with Gasteiger partial charge in [0.2, 0.25) is 0 Å². The predicted octanol–water partition coefficient (Wildman–Crippen LogP) is 3.03. The molecule has 1 rings (SSSR count). The summed E-state index contributed by atoms with van der Waals surface area (Å²) in [6.45, 7) is 9.35. The van der Waals surface area contributed by atoms with Gasteiger partial charge in [-0.05, 0) is 46.6 Å². The molecule has 1 heterocycles. The van der Waals surface area contributed by atoms with E-state index in [2.05, 4.69) is 36.1 Å². The van der Waals surface area contributed by atoms with Gasteiger partial charge in [-0.15, -0.1) is 0 Å². The Kier molecular flexibility index (Phi) is 6.38. The lowest BCUT2D eigenvalue weighted by atomic mass is 9.97. The maximum atomic E-state index is 5.48.